The molecule has 4 rings (SSSR count). The first-order valence-corrected chi connectivity index (χ1v) is 10.6. The Morgan fingerprint density at radius 3 is 2.48 bits per heavy atom. The SMILES string of the molecule is COC(=O)C(C)Sc1ccccc1C(=O)Nc1ccc(-n2cnc3ccccc32)cc1. The Balaban J connectivity index is 1.51. The van der Waals surface area contributed by atoms with E-state index in [1.165, 1.54) is 18.9 Å². The molecule has 0 aliphatic carbocycles. The van der Waals surface area contributed by atoms with Crippen LogP contribution in [0.4, 0.5) is 5.69 Å². The molecule has 1 atom stereocenters. The number of anilines is 1. The van der Waals surface area contributed by atoms with Gasteiger partial charge in [0.05, 0.1) is 23.7 Å². The molecule has 1 N–H and O–H groups in total. The van der Waals surface area contributed by atoms with Crippen LogP contribution in [0.3, 0.4) is 0 Å². The quantitative estimate of drug-likeness (QED) is 0.346. The lowest BCUT2D eigenvalue weighted by Gasteiger charge is -2.13. The Morgan fingerprint density at radius 2 is 1.71 bits per heavy atom. The lowest BCUT2D eigenvalue weighted by atomic mass is 10.2. The summed E-state index contributed by atoms with van der Waals surface area (Å²) in [6.45, 7) is 1.75. The second-order valence-corrected chi connectivity index (χ2v) is 8.27. The van der Waals surface area contributed by atoms with E-state index in [2.05, 4.69) is 10.3 Å². The van der Waals surface area contributed by atoms with Crippen LogP contribution in [0.2, 0.25) is 0 Å². The summed E-state index contributed by atoms with van der Waals surface area (Å²) in [4.78, 5) is 29.8. The number of esters is 1. The molecule has 0 aliphatic rings. The zero-order valence-corrected chi connectivity index (χ0v) is 17.9. The molecule has 0 aliphatic heterocycles. The summed E-state index contributed by atoms with van der Waals surface area (Å²) in [7, 11) is 1.36. The highest BCUT2D eigenvalue weighted by Crippen LogP contribution is 2.28. The van der Waals surface area contributed by atoms with E-state index in [1.807, 2.05) is 65.2 Å². The number of thioether (sulfide) groups is 1. The van der Waals surface area contributed by atoms with Gasteiger partial charge in [-0.3, -0.25) is 14.2 Å². The number of methoxy groups -OCH3 is 1. The number of fused-ring (bicyclic) bond motifs is 1. The number of imidazole rings is 1. The Bertz CT molecular complexity index is 1230. The second kappa shape index (κ2) is 9.06. The van der Waals surface area contributed by atoms with Crippen molar-refractivity contribution in [3.05, 3.63) is 84.7 Å². The van der Waals surface area contributed by atoms with Crippen LogP contribution < -0.4 is 5.32 Å². The number of nitrogens with one attached hydrogen (secondary N) is 1. The fraction of sp³-hybridized carbons (Fsp3) is 0.125. The fourth-order valence-electron chi connectivity index (χ4n) is 3.23. The zero-order valence-electron chi connectivity index (χ0n) is 17.1. The topological polar surface area (TPSA) is 73.2 Å². The van der Waals surface area contributed by atoms with Crippen LogP contribution >= 0.6 is 11.8 Å². The van der Waals surface area contributed by atoms with Crippen LogP contribution in [0.15, 0.2) is 84.0 Å². The van der Waals surface area contributed by atoms with E-state index in [-0.39, 0.29) is 11.9 Å². The first-order valence-electron chi connectivity index (χ1n) is 9.74. The Labute approximate surface area is 184 Å². The number of rotatable bonds is 6. The van der Waals surface area contributed by atoms with E-state index in [0.29, 0.717) is 11.3 Å². The van der Waals surface area contributed by atoms with Gasteiger partial charge >= 0.3 is 5.97 Å². The third-order valence-corrected chi connectivity index (χ3v) is 5.98. The van der Waals surface area contributed by atoms with Crippen molar-refractivity contribution in [2.75, 3.05) is 12.4 Å². The van der Waals surface area contributed by atoms with E-state index in [9.17, 15) is 9.59 Å². The van der Waals surface area contributed by atoms with Crippen LogP contribution in [0.25, 0.3) is 16.7 Å². The van der Waals surface area contributed by atoms with Crippen molar-refractivity contribution in [1.82, 2.24) is 9.55 Å². The molecule has 3 aromatic carbocycles. The number of aromatic nitrogens is 2. The van der Waals surface area contributed by atoms with Gasteiger partial charge in [-0.25, -0.2) is 4.98 Å². The first kappa shape index (κ1) is 20.7. The minimum absolute atomic E-state index is 0.235. The lowest BCUT2D eigenvalue weighted by molar-refractivity contribution is -0.139. The number of nitrogens with zero attached hydrogens (tertiary/aromatic N) is 2. The molecule has 1 amide bonds. The molecule has 1 aromatic heterocycles. The molecule has 0 saturated carbocycles. The Morgan fingerprint density at radius 1 is 1.00 bits per heavy atom. The van der Waals surface area contributed by atoms with Gasteiger partial charge in [0.1, 0.15) is 11.6 Å². The molecule has 156 valence electrons. The average Bonchev–Trinajstić information content (AvgIpc) is 3.23. The highest BCUT2D eigenvalue weighted by molar-refractivity contribution is 8.00. The molecule has 0 fully saturated rings. The van der Waals surface area contributed by atoms with Crippen molar-refractivity contribution in [2.45, 2.75) is 17.1 Å². The van der Waals surface area contributed by atoms with Crippen molar-refractivity contribution in [1.29, 1.82) is 0 Å². The fourth-order valence-corrected chi connectivity index (χ4v) is 4.25. The van der Waals surface area contributed by atoms with Crippen molar-refractivity contribution >= 4 is 40.4 Å². The number of para-hydroxylation sites is 2. The minimum atomic E-state index is -0.414. The van der Waals surface area contributed by atoms with E-state index in [4.69, 9.17) is 4.74 Å². The van der Waals surface area contributed by atoms with Gasteiger partial charge < -0.3 is 10.1 Å². The van der Waals surface area contributed by atoms with Gasteiger partial charge in [-0.2, -0.15) is 0 Å². The Hall–Kier alpha value is -3.58. The van der Waals surface area contributed by atoms with E-state index in [1.54, 1.807) is 25.4 Å². The van der Waals surface area contributed by atoms with Gasteiger partial charge in [-0.1, -0.05) is 24.3 Å². The monoisotopic (exact) mass is 431 g/mol. The summed E-state index contributed by atoms with van der Waals surface area (Å²) >= 11 is 1.30. The molecule has 0 bridgehead atoms. The average molecular weight is 432 g/mol. The van der Waals surface area contributed by atoms with Crippen molar-refractivity contribution in [3.63, 3.8) is 0 Å². The zero-order chi connectivity index (χ0) is 21.8. The highest BCUT2D eigenvalue weighted by Gasteiger charge is 2.19. The molecular weight excluding hydrogens is 410 g/mol. The maximum atomic E-state index is 12.9. The summed E-state index contributed by atoms with van der Waals surface area (Å²) in [6.07, 6.45) is 1.79. The van der Waals surface area contributed by atoms with Crippen molar-refractivity contribution in [2.24, 2.45) is 0 Å². The van der Waals surface area contributed by atoms with Gasteiger partial charge in [-0.15, -0.1) is 11.8 Å². The molecule has 4 aromatic rings. The molecule has 7 heteroatoms. The predicted molar refractivity (Wildman–Crippen MR) is 123 cm³/mol. The molecule has 0 saturated heterocycles. The maximum absolute atomic E-state index is 12.9. The largest absolute Gasteiger partial charge is 0.468 e. The number of benzene rings is 3. The van der Waals surface area contributed by atoms with Gasteiger partial charge in [0, 0.05) is 16.3 Å². The third-order valence-electron chi connectivity index (χ3n) is 4.83. The summed E-state index contributed by atoms with van der Waals surface area (Å²) in [5.74, 6) is -0.566. The normalized spacial score (nSPS) is 11.8. The van der Waals surface area contributed by atoms with Crippen molar-refractivity contribution in [3.8, 4) is 5.69 Å². The summed E-state index contributed by atoms with van der Waals surface area (Å²) in [5, 5.41) is 2.52. The lowest BCUT2D eigenvalue weighted by Crippen LogP contribution is -2.17. The Kier molecular flexibility index (Phi) is 6.04. The second-order valence-electron chi connectivity index (χ2n) is 6.88. The number of carbonyl (C=O) groups is 2. The molecule has 6 nitrogen and oxygen atoms in total. The standard InChI is InChI=1S/C24H21N3O3S/c1-16(24(29)30-2)31-22-10-6-3-7-19(22)23(28)26-17-11-13-18(14-12-17)27-15-25-20-8-4-5-9-21(20)27/h3-16H,1-2H3,(H,26,28). The smallest absolute Gasteiger partial charge is 0.318 e. The molecular formula is C24H21N3O3S. The third kappa shape index (κ3) is 4.46. The van der Waals surface area contributed by atoms with Crippen LogP contribution in [-0.2, 0) is 9.53 Å². The molecule has 0 radical (unpaired) electrons. The molecule has 31 heavy (non-hydrogen) atoms. The van der Waals surface area contributed by atoms with Crippen LogP contribution in [0.5, 0.6) is 0 Å². The number of carbonyl (C=O) groups excluding carboxylic acids is 2. The van der Waals surface area contributed by atoms with Gasteiger partial charge in [0.15, 0.2) is 0 Å². The van der Waals surface area contributed by atoms with E-state index < -0.39 is 5.25 Å². The van der Waals surface area contributed by atoms with Gasteiger partial charge in [0.25, 0.3) is 5.91 Å². The molecule has 1 unspecified atom stereocenters. The van der Waals surface area contributed by atoms with E-state index in [0.717, 1.165) is 21.6 Å². The summed E-state index contributed by atoms with van der Waals surface area (Å²) < 4.78 is 6.78. The number of hydrogen-bond acceptors (Lipinski definition) is 5. The minimum Gasteiger partial charge on any atom is -0.468 e. The van der Waals surface area contributed by atoms with Crippen LogP contribution in [0.1, 0.15) is 17.3 Å². The first-order chi connectivity index (χ1) is 15.1. The highest BCUT2D eigenvalue weighted by atomic mass is 32.2. The summed E-state index contributed by atoms with van der Waals surface area (Å²) in [6, 6.07) is 22.7. The van der Waals surface area contributed by atoms with Gasteiger partial charge in [0.2, 0.25) is 0 Å². The van der Waals surface area contributed by atoms with Crippen LogP contribution in [-0.4, -0.2) is 33.8 Å². The molecule has 1 heterocycles. The molecule has 0 spiro atoms. The number of amides is 1. The van der Waals surface area contributed by atoms with Crippen LogP contribution in [0, 0.1) is 0 Å². The van der Waals surface area contributed by atoms with Crippen molar-refractivity contribution < 1.29 is 14.3 Å². The van der Waals surface area contributed by atoms with E-state index >= 15 is 0 Å². The number of ether oxygens (including phenoxy) is 1. The van der Waals surface area contributed by atoms with Gasteiger partial charge in [-0.05, 0) is 55.5 Å². The maximum Gasteiger partial charge on any atom is 0.318 e. The number of hydrogen-bond donors (Lipinski definition) is 1. The predicted octanol–water partition coefficient (Wildman–Crippen LogP) is 4.93. The summed E-state index contributed by atoms with van der Waals surface area (Å²) in [5.41, 5.74) is 4.08.